The van der Waals surface area contributed by atoms with Gasteiger partial charge in [-0.15, -0.1) is 5.10 Å². The molecular weight excluding hydrogens is 310 g/mol. The van der Waals surface area contributed by atoms with Gasteiger partial charge in [0.1, 0.15) is 6.10 Å². The Balaban J connectivity index is 1.41. The second-order valence-corrected chi connectivity index (χ2v) is 5.86. The van der Waals surface area contributed by atoms with Crippen LogP contribution < -0.4 is 14.2 Å². The molecule has 0 bridgehead atoms. The lowest BCUT2D eigenvalue weighted by molar-refractivity contribution is 0.0770. The molecule has 3 heterocycles. The molecule has 0 unspecified atom stereocenters. The minimum atomic E-state index is -0.0695. The number of carbonyl (C=O) groups excluding carboxylic acids is 1. The highest BCUT2D eigenvalue weighted by Gasteiger charge is 2.29. The maximum atomic E-state index is 12.6. The Kier molecular flexibility index (Phi) is 3.68. The molecule has 0 saturated carbocycles. The molecule has 7 nitrogen and oxygen atoms in total. The fraction of sp³-hybridized carbons (Fsp3) is 0.353. The summed E-state index contributed by atoms with van der Waals surface area (Å²) >= 11 is 0. The number of amides is 1. The number of benzene rings is 1. The van der Waals surface area contributed by atoms with Gasteiger partial charge in [-0.25, -0.2) is 0 Å². The summed E-state index contributed by atoms with van der Waals surface area (Å²) in [5.41, 5.74) is 1.43. The molecule has 0 N–H and O–H groups in total. The highest BCUT2D eigenvalue weighted by Crippen LogP contribution is 2.33. The van der Waals surface area contributed by atoms with E-state index in [9.17, 15) is 4.79 Å². The van der Waals surface area contributed by atoms with E-state index in [0.29, 0.717) is 36.0 Å². The molecule has 24 heavy (non-hydrogen) atoms. The fourth-order valence-electron chi connectivity index (χ4n) is 2.84. The van der Waals surface area contributed by atoms with Gasteiger partial charge in [0.2, 0.25) is 12.7 Å². The van der Waals surface area contributed by atoms with E-state index in [1.54, 1.807) is 29.2 Å². The predicted octanol–water partition coefficient (Wildman–Crippen LogP) is 1.81. The fourth-order valence-corrected chi connectivity index (χ4v) is 2.84. The molecule has 1 amide bonds. The number of ether oxygens (including phenoxy) is 3. The zero-order valence-electron chi connectivity index (χ0n) is 13.3. The molecule has 1 aromatic heterocycles. The summed E-state index contributed by atoms with van der Waals surface area (Å²) in [5, 5.41) is 7.98. The first-order valence-corrected chi connectivity index (χ1v) is 7.85. The quantitative estimate of drug-likeness (QED) is 0.856. The molecule has 1 saturated heterocycles. The number of carbonyl (C=O) groups is 1. The smallest absolute Gasteiger partial charge is 0.254 e. The summed E-state index contributed by atoms with van der Waals surface area (Å²) in [6, 6.07) is 8.90. The van der Waals surface area contributed by atoms with Gasteiger partial charge in [-0.3, -0.25) is 4.79 Å². The Hall–Kier alpha value is -2.83. The minimum Gasteiger partial charge on any atom is -0.471 e. The first-order chi connectivity index (χ1) is 11.7. The molecule has 124 valence electrons. The first kappa shape index (κ1) is 14.7. The van der Waals surface area contributed by atoms with Gasteiger partial charge in [0.05, 0.1) is 12.2 Å². The summed E-state index contributed by atoms with van der Waals surface area (Å²) < 4.78 is 16.4. The number of likely N-dealkylation sites (tertiary alicyclic amines) is 1. The molecule has 0 aliphatic carbocycles. The van der Waals surface area contributed by atoms with Crippen molar-refractivity contribution in [3.8, 4) is 17.4 Å². The van der Waals surface area contributed by atoms with Crippen LogP contribution in [0.3, 0.4) is 0 Å². The van der Waals surface area contributed by atoms with Gasteiger partial charge in [-0.1, -0.05) is 0 Å². The normalized spacial score (nSPS) is 18.7. The van der Waals surface area contributed by atoms with Gasteiger partial charge in [-0.05, 0) is 31.2 Å². The maximum Gasteiger partial charge on any atom is 0.254 e. The molecular formula is C17H17N3O4. The van der Waals surface area contributed by atoms with Gasteiger partial charge in [0.25, 0.3) is 5.91 Å². The van der Waals surface area contributed by atoms with Gasteiger partial charge < -0.3 is 19.1 Å². The van der Waals surface area contributed by atoms with Gasteiger partial charge in [0, 0.05) is 24.6 Å². The van der Waals surface area contributed by atoms with Crippen LogP contribution >= 0.6 is 0 Å². The van der Waals surface area contributed by atoms with E-state index in [-0.39, 0.29) is 18.8 Å². The van der Waals surface area contributed by atoms with Crippen LogP contribution in [0.5, 0.6) is 17.4 Å². The van der Waals surface area contributed by atoms with E-state index in [0.717, 1.165) is 12.1 Å². The standard InChI is InChI=1S/C17H17N3O4/c1-11-2-5-16(19-18-11)24-13-6-7-20(9-13)17(21)12-3-4-14-15(8-12)23-10-22-14/h2-5,8,13H,6-7,9-10H2,1H3/t13-/m0/s1. The Labute approximate surface area is 139 Å². The zero-order valence-corrected chi connectivity index (χ0v) is 13.3. The zero-order chi connectivity index (χ0) is 16.5. The van der Waals surface area contributed by atoms with E-state index >= 15 is 0 Å². The third kappa shape index (κ3) is 2.84. The summed E-state index contributed by atoms with van der Waals surface area (Å²) in [5.74, 6) is 1.74. The van der Waals surface area contributed by atoms with Crippen LogP contribution in [0.1, 0.15) is 22.5 Å². The van der Waals surface area contributed by atoms with E-state index in [1.807, 2.05) is 13.0 Å². The van der Waals surface area contributed by atoms with E-state index < -0.39 is 0 Å². The van der Waals surface area contributed by atoms with Gasteiger partial charge in [0.15, 0.2) is 11.5 Å². The van der Waals surface area contributed by atoms with Crippen molar-refractivity contribution in [1.29, 1.82) is 0 Å². The number of fused-ring (bicyclic) bond motifs is 1. The van der Waals surface area contributed by atoms with Crippen molar-refractivity contribution in [3.63, 3.8) is 0 Å². The van der Waals surface area contributed by atoms with Crippen molar-refractivity contribution < 1.29 is 19.0 Å². The van der Waals surface area contributed by atoms with Crippen LogP contribution in [0, 0.1) is 6.92 Å². The van der Waals surface area contributed by atoms with E-state index in [1.165, 1.54) is 0 Å². The number of hydrogen-bond donors (Lipinski definition) is 0. The Morgan fingerprint density at radius 2 is 2.08 bits per heavy atom. The molecule has 4 rings (SSSR count). The van der Waals surface area contributed by atoms with Crippen LogP contribution in [-0.4, -0.2) is 47.0 Å². The third-order valence-corrected chi connectivity index (χ3v) is 4.11. The van der Waals surface area contributed by atoms with Crippen molar-refractivity contribution in [2.75, 3.05) is 19.9 Å². The topological polar surface area (TPSA) is 73.8 Å². The second kappa shape index (κ2) is 5.99. The Morgan fingerprint density at radius 1 is 1.21 bits per heavy atom. The van der Waals surface area contributed by atoms with Crippen LogP contribution in [-0.2, 0) is 0 Å². The Bertz CT molecular complexity index is 763. The number of rotatable bonds is 3. The molecule has 2 aliphatic rings. The number of aromatic nitrogens is 2. The van der Waals surface area contributed by atoms with Gasteiger partial charge >= 0.3 is 0 Å². The predicted molar refractivity (Wildman–Crippen MR) is 84.3 cm³/mol. The number of aryl methyl sites for hydroxylation is 1. The second-order valence-electron chi connectivity index (χ2n) is 5.86. The minimum absolute atomic E-state index is 0.0330. The van der Waals surface area contributed by atoms with E-state index in [2.05, 4.69) is 10.2 Å². The molecule has 7 heteroatoms. The van der Waals surface area contributed by atoms with Crippen molar-refractivity contribution in [2.45, 2.75) is 19.4 Å². The van der Waals surface area contributed by atoms with Gasteiger partial charge in [-0.2, -0.15) is 5.10 Å². The maximum absolute atomic E-state index is 12.6. The van der Waals surface area contributed by atoms with Crippen molar-refractivity contribution in [2.24, 2.45) is 0 Å². The van der Waals surface area contributed by atoms with Crippen LogP contribution in [0.25, 0.3) is 0 Å². The molecule has 1 aromatic carbocycles. The summed E-state index contributed by atoms with van der Waals surface area (Å²) in [6.07, 6.45) is 0.700. The lowest BCUT2D eigenvalue weighted by Gasteiger charge is -2.17. The van der Waals surface area contributed by atoms with Crippen molar-refractivity contribution >= 4 is 5.91 Å². The lowest BCUT2D eigenvalue weighted by Crippen LogP contribution is -2.31. The van der Waals surface area contributed by atoms with Crippen LogP contribution in [0.4, 0.5) is 0 Å². The molecule has 2 aliphatic heterocycles. The number of nitrogens with zero attached hydrogens (tertiary/aromatic N) is 3. The van der Waals surface area contributed by atoms with E-state index in [4.69, 9.17) is 14.2 Å². The summed E-state index contributed by atoms with van der Waals surface area (Å²) in [7, 11) is 0. The van der Waals surface area contributed by atoms with Crippen molar-refractivity contribution in [3.05, 3.63) is 41.6 Å². The summed E-state index contributed by atoms with van der Waals surface area (Å²) in [6.45, 7) is 3.25. The Morgan fingerprint density at radius 3 is 2.92 bits per heavy atom. The monoisotopic (exact) mass is 327 g/mol. The molecule has 2 aromatic rings. The average Bonchev–Trinajstić information content (AvgIpc) is 3.24. The molecule has 1 fully saturated rings. The lowest BCUT2D eigenvalue weighted by atomic mass is 10.2. The highest BCUT2D eigenvalue weighted by atomic mass is 16.7. The largest absolute Gasteiger partial charge is 0.471 e. The van der Waals surface area contributed by atoms with Crippen LogP contribution in [0.15, 0.2) is 30.3 Å². The molecule has 1 atom stereocenters. The average molecular weight is 327 g/mol. The third-order valence-electron chi connectivity index (χ3n) is 4.11. The SMILES string of the molecule is Cc1ccc(O[C@H]2CCN(C(=O)c3ccc4c(c3)OCO4)C2)nn1. The molecule has 0 radical (unpaired) electrons. The highest BCUT2D eigenvalue weighted by molar-refractivity contribution is 5.95. The van der Waals surface area contributed by atoms with Crippen molar-refractivity contribution in [1.82, 2.24) is 15.1 Å². The number of hydrogen-bond acceptors (Lipinski definition) is 6. The van der Waals surface area contributed by atoms with Crippen LogP contribution in [0.2, 0.25) is 0 Å². The summed E-state index contributed by atoms with van der Waals surface area (Å²) in [4.78, 5) is 14.4. The molecule has 0 spiro atoms. The first-order valence-electron chi connectivity index (χ1n) is 7.85.